The van der Waals surface area contributed by atoms with Gasteiger partial charge in [-0.15, -0.1) is 11.3 Å². The monoisotopic (exact) mass is 210 g/mol. The third-order valence-electron chi connectivity index (χ3n) is 2.92. The molecule has 0 spiro atoms. The number of rotatable bonds is 5. The molecule has 0 saturated heterocycles. The first-order valence-corrected chi connectivity index (χ1v) is 6.37. The average molecular weight is 210 g/mol. The summed E-state index contributed by atoms with van der Waals surface area (Å²) in [5, 5.41) is 9.72. The third kappa shape index (κ3) is 2.58. The van der Waals surface area contributed by atoms with Crippen LogP contribution < -0.4 is 0 Å². The lowest BCUT2D eigenvalue weighted by Gasteiger charge is -2.06. The predicted octanol–water partition coefficient (Wildman–Crippen LogP) is 3.01. The smallest absolute Gasteiger partial charge is 0.0571 e. The van der Waals surface area contributed by atoms with E-state index in [1.165, 1.54) is 22.6 Å². The van der Waals surface area contributed by atoms with Crippen LogP contribution in [0.4, 0.5) is 0 Å². The van der Waals surface area contributed by atoms with Crippen molar-refractivity contribution in [3.05, 3.63) is 21.9 Å². The molecule has 1 heterocycles. The minimum atomic E-state index is -0.0397. The van der Waals surface area contributed by atoms with Gasteiger partial charge in [0, 0.05) is 9.75 Å². The Labute approximate surface area is 89.8 Å². The SMILES string of the molecule is CCc1ccc(CCC(O)C2CC2)s1. The van der Waals surface area contributed by atoms with Gasteiger partial charge in [0.1, 0.15) is 0 Å². The molecule has 1 N–H and O–H groups in total. The molecule has 1 unspecified atom stereocenters. The van der Waals surface area contributed by atoms with E-state index in [0.29, 0.717) is 5.92 Å². The van der Waals surface area contributed by atoms with Gasteiger partial charge in [0.05, 0.1) is 6.10 Å². The van der Waals surface area contributed by atoms with Crippen LogP contribution >= 0.6 is 11.3 Å². The maximum absolute atomic E-state index is 9.72. The summed E-state index contributed by atoms with van der Waals surface area (Å²) in [5.41, 5.74) is 0. The first-order chi connectivity index (χ1) is 6.79. The van der Waals surface area contributed by atoms with Crippen LogP contribution in [0.15, 0.2) is 12.1 Å². The minimum Gasteiger partial charge on any atom is -0.393 e. The molecule has 0 radical (unpaired) electrons. The molecule has 0 amide bonds. The van der Waals surface area contributed by atoms with Gasteiger partial charge in [-0.05, 0) is 50.2 Å². The van der Waals surface area contributed by atoms with Crippen LogP contribution in [0.3, 0.4) is 0 Å². The number of aryl methyl sites for hydroxylation is 2. The zero-order chi connectivity index (χ0) is 9.97. The van der Waals surface area contributed by atoms with Gasteiger partial charge in [-0.3, -0.25) is 0 Å². The van der Waals surface area contributed by atoms with Crippen molar-refractivity contribution < 1.29 is 5.11 Å². The van der Waals surface area contributed by atoms with Crippen LogP contribution in [0.2, 0.25) is 0 Å². The largest absolute Gasteiger partial charge is 0.393 e. The Kier molecular flexibility index (Phi) is 3.24. The second-order valence-electron chi connectivity index (χ2n) is 4.17. The molecule has 1 aliphatic rings. The Balaban J connectivity index is 1.78. The molecule has 0 bridgehead atoms. The van der Waals surface area contributed by atoms with Crippen LogP contribution in [0.25, 0.3) is 0 Å². The molecule has 1 atom stereocenters. The third-order valence-corrected chi connectivity index (χ3v) is 4.21. The van der Waals surface area contributed by atoms with Gasteiger partial charge in [-0.2, -0.15) is 0 Å². The van der Waals surface area contributed by atoms with Gasteiger partial charge in [0.2, 0.25) is 0 Å². The van der Waals surface area contributed by atoms with E-state index < -0.39 is 0 Å². The summed E-state index contributed by atoms with van der Waals surface area (Å²) in [4.78, 5) is 2.89. The first kappa shape index (κ1) is 10.2. The molecule has 0 aromatic carbocycles. The van der Waals surface area contributed by atoms with E-state index in [1.807, 2.05) is 11.3 Å². The Bertz CT molecular complexity index is 288. The lowest BCUT2D eigenvalue weighted by atomic mass is 10.1. The second kappa shape index (κ2) is 4.45. The predicted molar refractivity (Wildman–Crippen MR) is 60.7 cm³/mol. The van der Waals surface area contributed by atoms with Crippen LogP contribution in [0.1, 0.15) is 35.9 Å². The normalized spacial score (nSPS) is 18.4. The maximum atomic E-state index is 9.72. The van der Waals surface area contributed by atoms with Gasteiger partial charge in [0.25, 0.3) is 0 Å². The van der Waals surface area contributed by atoms with E-state index in [9.17, 15) is 5.11 Å². The average Bonchev–Trinajstić information content (AvgIpc) is 2.94. The molecular weight excluding hydrogens is 192 g/mol. The standard InChI is InChI=1S/C12H18OS/c1-2-10-5-6-11(14-10)7-8-12(13)9-3-4-9/h5-6,9,12-13H,2-4,7-8H2,1H3. The molecule has 2 rings (SSSR count). The van der Waals surface area contributed by atoms with Gasteiger partial charge in [0.15, 0.2) is 0 Å². The summed E-state index contributed by atoms with van der Waals surface area (Å²) in [6.07, 6.45) is 5.59. The topological polar surface area (TPSA) is 20.2 Å². The van der Waals surface area contributed by atoms with Crippen molar-refractivity contribution in [2.24, 2.45) is 5.92 Å². The maximum Gasteiger partial charge on any atom is 0.0571 e. The number of hydrogen-bond donors (Lipinski definition) is 1. The van der Waals surface area contributed by atoms with Crippen molar-refractivity contribution in [3.63, 3.8) is 0 Å². The summed E-state index contributed by atoms with van der Waals surface area (Å²) in [5.74, 6) is 0.626. The van der Waals surface area contributed by atoms with E-state index in [0.717, 1.165) is 19.3 Å². The summed E-state index contributed by atoms with van der Waals surface area (Å²) < 4.78 is 0. The quantitative estimate of drug-likeness (QED) is 0.792. The molecule has 1 aliphatic carbocycles. The Morgan fingerprint density at radius 1 is 1.43 bits per heavy atom. The summed E-state index contributed by atoms with van der Waals surface area (Å²) >= 11 is 1.90. The molecule has 0 aliphatic heterocycles. The molecular formula is C12H18OS. The van der Waals surface area contributed by atoms with Crippen molar-refractivity contribution in [2.75, 3.05) is 0 Å². The highest BCUT2D eigenvalue weighted by Gasteiger charge is 2.29. The fourth-order valence-corrected chi connectivity index (χ4v) is 2.73. The van der Waals surface area contributed by atoms with E-state index in [-0.39, 0.29) is 6.10 Å². The Hall–Kier alpha value is -0.340. The first-order valence-electron chi connectivity index (χ1n) is 5.55. The lowest BCUT2D eigenvalue weighted by molar-refractivity contribution is 0.142. The fourth-order valence-electron chi connectivity index (χ4n) is 1.75. The molecule has 1 fully saturated rings. The van der Waals surface area contributed by atoms with Gasteiger partial charge < -0.3 is 5.11 Å². The van der Waals surface area contributed by atoms with Gasteiger partial charge >= 0.3 is 0 Å². The summed E-state index contributed by atoms with van der Waals surface area (Å²) in [6, 6.07) is 4.42. The van der Waals surface area contributed by atoms with Crippen molar-refractivity contribution in [3.8, 4) is 0 Å². The van der Waals surface area contributed by atoms with Crippen molar-refractivity contribution in [2.45, 2.75) is 45.1 Å². The highest BCUT2D eigenvalue weighted by atomic mass is 32.1. The van der Waals surface area contributed by atoms with E-state index >= 15 is 0 Å². The highest BCUT2D eigenvalue weighted by Crippen LogP contribution is 2.34. The molecule has 14 heavy (non-hydrogen) atoms. The van der Waals surface area contributed by atoms with E-state index in [1.54, 1.807) is 0 Å². The highest BCUT2D eigenvalue weighted by molar-refractivity contribution is 7.11. The van der Waals surface area contributed by atoms with Crippen molar-refractivity contribution in [1.29, 1.82) is 0 Å². The van der Waals surface area contributed by atoms with E-state index in [2.05, 4.69) is 19.1 Å². The molecule has 78 valence electrons. The molecule has 1 nitrogen and oxygen atoms in total. The number of aliphatic hydroxyl groups is 1. The van der Waals surface area contributed by atoms with Gasteiger partial charge in [-0.25, -0.2) is 0 Å². The lowest BCUT2D eigenvalue weighted by Crippen LogP contribution is -2.09. The molecule has 1 saturated carbocycles. The Morgan fingerprint density at radius 2 is 2.14 bits per heavy atom. The van der Waals surface area contributed by atoms with Crippen molar-refractivity contribution >= 4 is 11.3 Å². The summed E-state index contributed by atoms with van der Waals surface area (Å²) in [7, 11) is 0. The number of thiophene rings is 1. The summed E-state index contributed by atoms with van der Waals surface area (Å²) in [6.45, 7) is 2.19. The number of hydrogen-bond acceptors (Lipinski definition) is 2. The zero-order valence-corrected chi connectivity index (χ0v) is 9.52. The molecule has 2 heteroatoms. The number of aliphatic hydroxyl groups excluding tert-OH is 1. The fraction of sp³-hybridized carbons (Fsp3) is 0.667. The minimum absolute atomic E-state index is 0.0397. The van der Waals surface area contributed by atoms with E-state index in [4.69, 9.17) is 0 Å². The van der Waals surface area contributed by atoms with Crippen molar-refractivity contribution in [1.82, 2.24) is 0 Å². The molecule has 1 aromatic heterocycles. The Morgan fingerprint density at radius 3 is 2.71 bits per heavy atom. The van der Waals surface area contributed by atoms with Crippen LogP contribution in [-0.2, 0) is 12.8 Å². The molecule has 1 aromatic rings. The van der Waals surface area contributed by atoms with Crippen LogP contribution in [-0.4, -0.2) is 11.2 Å². The second-order valence-corrected chi connectivity index (χ2v) is 5.42. The van der Waals surface area contributed by atoms with Crippen LogP contribution in [0.5, 0.6) is 0 Å². The zero-order valence-electron chi connectivity index (χ0n) is 8.70. The van der Waals surface area contributed by atoms with Gasteiger partial charge in [-0.1, -0.05) is 6.92 Å². The van der Waals surface area contributed by atoms with Crippen LogP contribution in [0, 0.1) is 5.92 Å².